The van der Waals surface area contributed by atoms with Crippen LogP contribution in [0.15, 0.2) is 310 Å². The molecule has 91 heavy (non-hydrogen) atoms. The predicted molar refractivity (Wildman–Crippen MR) is 382 cm³/mol. The molecule has 0 saturated carbocycles. The molecule has 440 valence electrons. The highest BCUT2D eigenvalue weighted by atomic mass is 16.3. The molecule has 3 heterocycles. The van der Waals surface area contributed by atoms with Crippen molar-refractivity contribution in [2.24, 2.45) is 23.2 Å². The van der Waals surface area contributed by atoms with Crippen molar-refractivity contribution < 1.29 is 8.83 Å². The number of nitrogens with zero attached hydrogens (tertiary/aromatic N) is 2. The molecule has 0 saturated heterocycles. The molecule has 4 nitrogen and oxygen atoms in total. The van der Waals surface area contributed by atoms with E-state index >= 15 is 0 Å². The third-order valence-corrected chi connectivity index (χ3v) is 20.5. The number of fused-ring (bicyclic) bond motifs is 11. The van der Waals surface area contributed by atoms with Crippen LogP contribution in [0, 0.1) is 23.2 Å². The van der Waals surface area contributed by atoms with Gasteiger partial charge in [-0.2, -0.15) is 0 Å². The van der Waals surface area contributed by atoms with E-state index in [9.17, 15) is 0 Å². The average Bonchev–Trinajstić information content (AvgIpc) is 1.59. The van der Waals surface area contributed by atoms with E-state index in [0.29, 0.717) is 11.8 Å². The molecule has 0 N–H and O–H groups in total. The summed E-state index contributed by atoms with van der Waals surface area (Å²) in [6.45, 7) is 9.30. The minimum absolute atomic E-state index is 0.0983. The van der Waals surface area contributed by atoms with Gasteiger partial charge in [0.15, 0.2) is 0 Å². The second-order valence-electron chi connectivity index (χ2n) is 26.1. The molecular formula is C87H70N2O2. The number of furan rings is 2. The van der Waals surface area contributed by atoms with Crippen LogP contribution in [0.25, 0.3) is 112 Å². The maximum atomic E-state index is 6.19. The third-order valence-electron chi connectivity index (χ3n) is 20.5. The Morgan fingerprint density at radius 3 is 1.99 bits per heavy atom. The Kier molecular flexibility index (Phi) is 13.4. The van der Waals surface area contributed by atoms with Crippen molar-refractivity contribution in [1.29, 1.82) is 0 Å². The molecular weight excluding hydrogens is 1100 g/mol. The summed E-state index contributed by atoms with van der Waals surface area (Å²) in [4.78, 5) is 2.57. The number of hydrogen-bond acceptors (Lipinski definition) is 3. The van der Waals surface area contributed by atoms with Crippen LogP contribution in [-0.4, -0.2) is 4.57 Å². The van der Waals surface area contributed by atoms with Crippen LogP contribution in [0.5, 0.6) is 0 Å². The van der Waals surface area contributed by atoms with Crippen LogP contribution >= 0.6 is 0 Å². The number of para-hydroxylation sites is 2. The van der Waals surface area contributed by atoms with Gasteiger partial charge in [0.2, 0.25) is 0 Å². The van der Waals surface area contributed by atoms with Gasteiger partial charge in [-0.05, 0) is 208 Å². The van der Waals surface area contributed by atoms with Crippen LogP contribution in [0.3, 0.4) is 0 Å². The van der Waals surface area contributed by atoms with Gasteiger partial charge in [0.25, 0.3) is 0 Å². The van der Waals surface area contributed by atoms with Crippen LogP contribution in [0.2, 0.25) is 0 Å². The average molecular weight is 1180 g/mol. The van der Waals surface area contributed by atoms with Gasteiger partial charge >= 0.3 is 0 Å². The van der Waals surface area contributed by atoms with E-state index in [1.54, 1.807) is 5.57 Å². The Morgan fingerprint density at radius 2 is 1.26 bits per heavy atom. The molecule has 0 fully saturated rings. The second-order valence-corrected chi connectivity index (χ2v) is 26.1. The number of aromatic nitrogens is 1. The molecule has 11 aromatic rings. The van der Waals surface area contributed by atoms with Gasteiger partial charge in [-0.15, -0.1) is 0 Å². The standard InChI is InChI=1S/C87H70N2O2/c1-4-57(64-36-48-85-77(52-64)73-22-11-13-24-83(73)90-85)21-15-16-56-26-46-81-75(50-56)76-51-65(62-27-29-63(30-28-62)66-37-49-86-78(53-66)74-23-12-14-25-84(74)91-86)35-47-82(76)89(81)70-43-45-72-71-44-42-69(54-79(71)87(2,3)80(72)55-70)88(67-38-31-60(32-39-67)58-17-7-5-8-18-58)68-40-33-61(34-41-68)59-19-9-6-10-20-59/h4-5,7-9,11-25,27-33,35-41,43,45-54,56,61,80H,1,6,10,26,34,42,44,55H2,2-3H3. The van der Waals surface area contributed by atoms with Crippen molar-refractivity contribution in [2.75, 3.05) is 4.90 Å². The number of anilines is 1. The van der Waals surface area contributed by atoms with Gasteiger partial charge in [0.05, 0.1) is 5.52 Å². The van der Waals surface area contributed by atoms with E-state index in [2.05, 4.69) is 273 Å². The predicted octanol–water partition coefficient (Wildman–Crippen LogP) is 21.9. The van der Waals surface area contributed by atoms with E-state index in [1.807, 2.05) is 30.3 Å². The molecule has 0 bridgehead atoms. The van der Waals surface area contributed by atoms with E-state index in [-0.39, 0.29) is 11.3 Å². The first-order valence-electron chi connectivity index (χ1n) is 32.7. The fraction of sp³-hybridized carbons (Fsp3) is 0.149. The summed E-state index contributed by atoms with van der Waals surface area (Å²) in [5.41, 5.74) is 25.4. The monoisotopic (exact) mass is 1170 g/mol. The SMILES string of the molecule is C=CC(=CC=CC1C=c2c(n(C3=CC=C4C5=C(C=C(N(C6=CCC(C7=CCCC=C7)C=C6)c6ccc(-c7ccccc7)cc6)CC5)C(C)(C)C4C3)c3ccc(-c4ccc(-c5ccc6oc7ccccc7c6c5)cc4)cc23)=CC1)c1ccc2oc3ccccc3c2c1. The first-order valence-corrected chi connectivity index (χ1v) is 32.7. The summed E-state index contributed by atoms with van der Waals surface area (Å²) in [6.07, 6.45) is 42.9. The molecule has 0 spiro atoms. The minimum Gasteiger partial charge on any atom is -0.456 e. The lowest BCUT2D eigenvalue weighted by atomic mass is 9.72. The van der Waals surface area contributed by atoms with Crippen molar-refractivity contribution in [3.05, 3.63) is 317 Å². The van der Waals surface area contributed by atoms with Gasteiger partial charge in [-0.1, -0.05) is 215 Å². The molecule has 4 heteroatoms. The molecule has 6 aliphatic rings. The van der Waals surface area contributed by atoms with E-state index in [1.165, 1.54) is 94.3 Å². The van der Waals surface area contributed by atoms with Crippen molar-refractivity contribution >= 4 is 83.9 Å². The molecule has 0 radical (unpaired) electrons. The van der Waals surface area contributed by atoms with Crippen LogP contribution in [-0.2, 0) is 0 Å². The first-order chi connectivity index (χ1) is 44.8. The first kappa shape index (κ1) is 54.7. The fourth-order valence-electron chi connectivity index (χ4n) is 15.7. The summed E-state index contributed by atoms with van der Waals surface area (Å²) in [5, 5.41) is 8.39. The van der Waals surface area contributed by atoms with Crippen LogP contribution < -0.4 is 15.5 Å². The van der Waals surface area contributed by atoms with Gasteiger partial charge < -0.3 is 18.3 Å². The molecule has 0 aliphatic heterocycles. The molecule has 3 atom stereocenters. The largest absolute Gasteiger partial charge is 0.456 e. The summed E-state index contributed by atoms with van der Waals surface area (Å²) < 4.78 is 15.0. The maximum absolute atomic E-state index is 6.19. The normalized spacial score (nSPS) is 19.4. The van der Waals surface area contributed by atoms with Crippen molar-refractivity contribution in [2.45, 2.75) is 58.8 Å². The Labute approximate surface area is 531 Å². The highest BCUT2D eigenvalue weighted by Gasteiger charge is 2.46. The topological polar surface area (TPSA) is 34.5 Å². The van der Waals surface area contributed by atoms with Gasteiger partial charge in [-0.3, -0.25) is 0 Å². The lowest BCUT2D eigenvalue weighted by Crippen LogP contribution is -2.33. The zero-order chi connectivity index (χ0) is 60.7. The lowest BCUT2D eigenvalue weighted by Gasteiger charge is -2.35. The van der Waals surface area contributed by atoms with Crippen LogP contribution in [0.1, 0.15) is 64.4 Å². The molecule has 0 amide bonds. The zero-order valence-electron chi connectivity index (χ0n) is 51.6. The Balaban J connectivity index is 0.720. The van der Waals surface area contributed by atoms with Crippen molar-refractivity contribution in [1.82, 2.24) is 4.57 Å². The Morgan fingerprint density at radius 1 is 0.604 bits per heavy atom. The summed E-state index contributed by atoms with van der Waals surface area (Å²) >= 11 is 0. The number of hydrogen-bond donors (Lipinski definition) is 0. The van der Waals surface area contributed by atoms with Crippen molar-refractivity contribution in [3.63, 3.8) is 0 Å². The lowest BCUT2D eigenvalue weighted by molar-refractivity contribution is 0.337. The fourth-order valence-corrected chi connectivity index (χ4v) is 15.7. The number of rotatable bonds is 12. The second kappa shape index (κ2) is 22.3. The minimum atomic E-state index is -0.0983. The smallest absolute Gasteiger partial charge is 0.135 e. The van der Waals surface area contributed by atoms with E-state index in [4.69, 9.17) is 8.83 Å². The Bertz CT molecular complexity index is 5300. The molecule has 8 aromatic carbocycles. The third kappa shape index (κ3) is 9.58. The molecule has 3 unspecified atom stereocenters. The maximum Gasteiger partial charge on any atom is 0.135 e. The number of benzene rings is 8. The quantitative estimate of drug-likeness (QED) is 0.114. The Hall–Kier alpha value is -10.4. The summed E-state index contributed by atoms with van der Waals surface area (Å²) in [7, 11) is 0. The molecule has 6 aliphatic carbocycles. The molecule has 3 aromatic heterocycles. The highest BCUT2D eigenvalue weighted by Crippen LogP contribution is 2.58. The van der Waals surface area contributed by atoms with E-state index in [0.717, 1.165) is 100.0 Å². The van der Waals surface area contributed by atoms with Gasteiger partial charge in [-0.25, -0.2) is 0 Å². The van der Waals surface area contributed by atoms with Gasteiger partial charge in [0, 0.05) is 66.2 Å². The number of allylic oxidation sites excluding steroid dienone is 20. The summed E-state index contributed by atoms with van der Waals surface area (Å²) in [6, 6.07) is 65.9. The highest BCUT2D eigenvalue weighted by molar-refractivity contribution is 6.07. The van der Waals surface area contributed by atoms with Crippen LogP contribution in [0.4, 0.5) is 5.69 Å². The van der Waals surface area contributed by atoms with Crippen molar-refractivity contribution in [3.8, 4) is 33.4 Å². The van der Waals surface area contributed by atoms with E-state index < -0.39 is 0 Å². The summed E-state index contributed by atoms with van der Waals surface area (Å²) in [5.74, 6) is 0.945. The van der Waals surface area contributed by atoms with Gasteiger partial charge in [0.1, 0.15) is 22.3 Å². The molecule has 17 rings (SSSR count). The zero-order valence-corrected chi connectivity index (χ0v) is 51.6.